The Morgan fingerprint density at radius 2 is 1.65 bits per heavy atom. The van der Waals surface area contributed by atoms with Crippen LogP contribution in [0.1, 0.15) is 55.8 Å². The van der Waals surface area contributed by atoms with Crippen molar-refractivity contribution in [2.75, 3.05) is 13.2 Å². The van der Waals surface area contributed by atoms with Crippen molar-refractivity contribution >= 4 is 17.4 Å². The lowest BCUT2D eigenvalue weighted by Gasteiger charge is -2.25. The number of aliphatic hydroxyl groups is 1. The van der Waals surface area contributed by atoms with Gasteiger partial charge in [-0.3, -0.25) is 14.6 Å². The second-order valence-corrected chi connectivity index (χ2v) is 8.93. The third-order valence-corrected chi connectivity index (χ3v) is 6.19. The van der Waals surface area contributed by atoms with Gasteiger partial charge in [-0.05, 0) is 60.4 Å². The number of aromatic nitrogens is 1. The van der Waals surface area contributed by atoms with Crippen molar-refractivity contribution in [1.29, 1.82) is 0 Å². The van der Waals surface area contributed by atoms with Crippen molar-refractivity contribution in [2.45, 2.75) is 45.7 Å². The standard InChI is InChI=1S/C30H32N2O5/c1-3-5-18-37-24-11-9-22(10-12-24)27-26(28(33)23-7-6-8-25(19-23)36-17-4-2)29(34)30(35)32(27)20-21-13-15-31-16-14-21/h6-16,19,27,33H,3-5,17-18,20H2,1-2H3. The van der Waals surface area contributed by atoms with Gasteiger partial charge >= 0.3 is 0 Å². The van der Waals surface area contributed by atoms with Crippen LogP contribution in [0.3, 0.4) is 0 Å². The molecule has 1 aliphatic heterocycles. The van der Waals surface area contributed by atoms with Gasteiger partial charge in [0.05, 0.1) is 24.8 Å². The Bertz CT molecular complexity index is 1250. The summed E-state index contributed by atoms with van der Waals surface area (Å²) in [7, 11) is 0. The number of ether oxygens (including phenoxy) is 2. The highest BCUT2D eigenvalue weighted by atomic mass is 16.5. The van der Waals surface area contributed by atoms with Crippen LogP contribution >= 0.6 is 0 Å². The van der Waals surface area contributed by atoms with Gasteiger partial charge in [-0.2, -0.15) is 0 Å². The summed E-state index contributed by atoms with van der Waals surface area (Å²) < 4.78 is 11.5. The predicted molar refractivity (Wildman–Crippen MR) is 141 cm³/mol. The summed E-state index contributed by atoms with van der Waals surface area (Å²) in [6, 6.07) is 17.1. The summed E-state index contributed by atoms with van der Waals surface area (Å²) in [6.45, 7) is 5.46. The van der Waals surface area contributed by atoms with Gasteiger partial charge in [0.2, 0.25) is 0 Å². The Balaban J connectivity index is 1.75. The zero-order chi connectivity index (χ0) is 26.2. The maximum Gasteiger partial charge on any atom is 0.295 e. The molecule has 0 aliphatic carbocycles. The van der Waals surface area contributed by atoms with E-state index in [-0.39, 0.29) is 17.9 Å². The number of pyridine rings is 1. The number of aliphatic hydroxyl groups excluding tert-OH is 1. The van der Waals surface area contributed by atoms with E-state index < -0.39 is 17.7 Å². The molecular weight excluding hydrogens is 468 g/mol. The maximum absolute atomic E-state index is 13.3. The fraction of sp³-hybridized carbons (Fsp3) is 0.300. The largest absolute Gasteiger partial charge is 0.507 e. The minimum absolute atomic E-state index is 0.0475. The lowest BCUT2D eigenvalue weighted by atomic mass is 9.95. The minimum atomic E-state index is -0.766. The number of hydrogen-bond donors (Lipinski definition) is 1. The second kappa shape index (κ2) is 12.2. The molecule has 1 atom stereocenters. The average molecular weight is 501 g/mol. The molecule has 0 bridgehead atoms. The first-order chi connectivity index (χ1) is 18.0. The lowest BCUT2D eigenvalue weighted by molar-refractivity contribution is -0.140. The number of carbonyl (C=O) groups excluding carboxylic acids is 2. The summed E-state index contributed by atoms with van der Waals surface area (Å²) in [5.41, 5.74) is 2.00. The number of hydrogen-bond acceptors (Lipinski definition) is 6. The highest BCUT2D eigenvalue weighted by Gasteiger charge is 2.46. The van der Waals surface area contributed by atoms with Gasteiger partial charge in [0.1, 0.15) is 17.3 Å². The molecule has 4 rings (SSSR count). The van der Waals surface area contributed by atoms with Crippen molar-refractivity contribution in [1.82, 2.24) is 9.88 Å². The van der Waals surface area contributed by atoms with Crippen LogP contribution in [0.25, 0.3) is 5.76 Å². The molecule has 1 N–H and O–H groups in total. The van der Waals surface area contributed by atoms with Crippen molar-refractivity contribution in [3.63, 3.8) is 0 Å². The number of likely N-dealkylation sites (tertiary alicyclic amines) is 1. The zero-order valence-corrected chi connectivity index (χ0v) is 21.2. The smallest absolute Gasteiger partial charge is 0.295 e. The van der Waals surface area contributed by atoms with Crippen LogP contribution < -0.4 is 9.47 Å². The molecule has 1 unspecified atom stereocenters. The van der Waals surface area contributed by atoms with Gasteiger partial charge in [-0.1, -0.05) is 44.5 Å². The van der Waals surface area contributed by atoms with Gasteiger partial charge < -0.3 is 19.5 Å². The minimum Gasteiger partial charge on any atom is -0.507 e. The van der Waals surface area contributed by atoms with Crippen LogP contribution in [-0.2, 0) is 16.1 Å². The van der Waals surface area contributed by atoms with Gasteiger partial charge in [0.25, 0.3) is 11.7 Å². The molecule has 2 aromatic carbocycles. The number of nitrogens with zero attached hydrogens (tertiary/aromatic N) is 2. The Labute approximate surface area is 217 Å². The van der Waals surface area contributed by atoms with Gasteiger partial charge in [-0.15, -0.1) is 0 Å². The van der Waals surface area contributed by atoms with E-state index in [1.165, 1.54) is 4.90 Å². The molecule has 1 aromatic heterocycles. The lowest BCUT2D eigenvalue weighted by Crippen LogP contribution is -2.29. The first-order valence-corrected chi connectivity index (χ1v) is 12.7. The van der Waals surface area contributed by atoms with E-state index in [1.54, 1.807) is 48.8 Å². The number of benzene rings is 2. The Morgan fingerprint density at radius 1 is 0.919 bits per heavy atom. The molecule has 0 radical (unpaired) electrons. The Kier molecular flexibility index (Phi) is 8.56. The molecule has 1 aliphatic rings. The highest BCUT2D eigenvalue weighted by Crippen LogP contribution is 2.41. The Hall–Kier alpha value is -4.13. The van der Waals surface area contributed by atoms with Gasteiger partial charge in [-0.25, -0.2) is 0 Å². The monoisotopic (exact) mass is 500 g/mol. The van der Waals surface area contributed by atoms with Crippen LogP contribution in [-0.4, -0.2) is 39.9 Å². The van der Waals surface area contributed by atoms with Gasteiger partial charge in [0, 0.05) is 24.5 Å². The number of unbranched alkanes of at least 4 members (excludes halogenated alkanes) is 1. The molecule has 1 amide bonds. The van der Waals surface area contributed by atoms with Gasteiger partial charge in [0.15, 0.2) is 0 Å². The second-order valence-electron chi connectivity index (χ2n) is 8.93. The van der Waals surface area contributed by atoms with Crippen molar-refractivity contribution in [2.24, 2.45) is 0 Å². The molecule has 3 aromatic rings. The predicted octanol–water partition coefficient (Wildman–Crippen LogP) is 5.67. The third kappa shape index (κ3) is 6.00. The molecule has 1 fully saturated rings. The quantitative estimate of drug-likeness (QED) is 0.158. The van der Waals surface area contributed by atoms with Crippen LogP contribution in [0.15, 0.2) is 78.6 Å². The van der Waals surface area contributed by atoms with Crippen molar-refractivity contribution in [3.05, 3.63) is 95.3 Å². The summed E-state index contributed by atoms with van der Waals surface area (Å²) >= 11 is 0. The van der Waals surface area contributed by atoms with Crippen LogP contribution in [0.5, 0.6) is 11.5 Å². The van der Waals surface area contributed by atoms with Crippen molar-refractivity contribution in [3.8, 4) is 11.5 Å². The first kappa shape index (κ1) is 25.9. The van der Waals surface area contributed by atoms with E-state index in [0.29, 0.717) is 35.8 Å². The summed E-state index contributed by atoms with van der Waals surface area (Å²) in [6.07, 6.45) is 6.12. The molecular formula is C30H32N2O5. The summed E-state index contributed by atoms with van der Waals surface area (Å²) in [4.78, 5) is 32.1. The van der Waals surface area contributed by atoms with E-state index in [2.05, 4.69) is 11.9 Å². The summed E-state index contributed by atoms with van der Waals surface area (Å²) in [5.74, 6) is -0.318. The fourth-order valence-corrected chi connectivity index (χ4v) is 4.26. The SMILES string of the molecule is CCCCOc1ccc(C2C(=C(O)c3cccc(OCCC)c3)C(=O)C(=O)N2Cc2ccncc2)cc1. The number of amides is 1. The van der Waals surface area contributed by atoms with E-state index in [9.17, 15) is 14.7 Å². The number of Topliss-reactive ketones (excluding diaryl/α,β-unsaturated/α-hetero) is 1. The molecule has 0 spiro atoms. The van der Waals surface area contributed by atoms with E-state index in [1.807, 2.05) is 31.2 Å². The molecule has 1 saturated heterocycles. The molecule has 192 valence electrons. The van der Waals surface area contributed by atoms with Crippen LogP contribution in [0.4, 0.5) is 0 Å². The van der Waals surface area contributed by atoms with E-state index in [4.69, 9.17) is 9.47 Å². The molecule has 37 heavy (non-hydrogen) atoms. The van der Waals surface area contributed by atoms with E-state index >= 15 is 0 Å². The van der Waals surface area contributed by atoms with Crippen molar-refractivity contribution < 1.29 is 24.2 Å². The molecule has 2 heterocycles. The number of carbonyl (C=O) groups is 2. The van der Waals surface area contributed by atoms with E-state index in [0.717, 1.165) is 24.8 Å². The maximum atomic E-state index is 13.3. The highest BCUT2D eigenvalue weighted by molar-refractivity contribution is 6.46. The zero-order valence-electron chi connectivity index (χ0n) is 21.2. The normalized spacial score (nSPS) is 16.7. The summed E-state index contributed by atoms with van der Waals surface area (Å²) in [5, 5.41) is 11.4. The third-order valence-electron chi connectivity index (χ3n) is 6.19. The number of ketones is 1. The van der Waals surface area contributed by atoms with Crippen LogP contribution in [0.2, 0.25) is 0 Å². The Morgan fingerprint density at radius 3 is 2.35 bits per heavy atom. The number of rotatable bonds is 11. The van der Waals surface area contributed by atoms with Crippen LogP contribution in [0, 0.1) is 0 Å². The average Bonchev–Trinajstić information content (AvgIpc) is 3.17. The molecule has 7 nitrogen and oxygen atoms in total. The topological polar surface area (TPSA) is 89.0 Å². The fourth-order valence-electron chi connectivity index (χ4n) is 4.26. The first-order valence-electron chi connectivity index (χ1n) is 12.7. The molecule has 7 heteroatoms. The molecule has 0 saturated carbocycles.